The molecular weight excluding hydrogens is 674 g/mol. The van der Waals surface area contributed by atoms with Crippen LogP contribution in [0.25, 0.3) is 0 Å². The molecule has 0 unspecified atom stereocenters. The Morgan fingerprint density at radius 2 is 1.80 bits per heavy atom. The molecule has 1 saturated heterocycles. The molecule has 1 aromatic rings. The molecule has 1 aromatic heterocycles. The Bertz CT molecular complexity index is 1490. The minimum absolute atomic E-state index is 0.0868. The van der Waals surface area contributed by atoms with Gasteiger partial charge in [-0.1, -0.05) is 84.1 Å². The Kier molecular flexibility index (Phi) is 13.9. The summed E-state index contributed by atoms with van der Waals surface area (Å²) >= 11 is 0. The molecule has 3 heterocycles. The van der Waals surface area contributed by atoms with E-state index in [0.29, 0.717) is 24.8 Å². The second kappa shape index (κ2) is 16.9. The number of ketones is 1. The Hall–Kier alpha value is -3.17. The van der Waals surface area contributed by atoms with E-state index in [9.17, 15) is 23.6 Å². The number of rotatable bonds is 5. The largest absolute Gasteiger partial charge is 0.460 e. The number of hydrogen-bond donors (Lipinski definition) is 1. The highest BCUT2D eigenvalue weighted by atomic mass is 28.4. The van der Waals surface area contributed by atoms with Crippen molar-refractivity contribution in [3.05, 3.63) is 47.5 Å². The van der Waals surface area contributed by atoms with Gasteiger partial charge in [-0.2, -0.15) is 0 Å². The van der Waals surface area contributed by atoms with Gasteiger partial charge in [0.1, 0.15) is 31.4 Å². The molecule has 0 aromatic carbocycles. The Balaban J connectivity index is 2.07. The Morgan fingerprint density at radius 1 is 1.12 bits per heavy atom. The second-order valence-electron chi connectivity index (χ2n) is 16.3. The van der Waals surface area contributed by atoms with Crippen molar-refractivity contribution in [2.24, 2.45) is 11.8 Å². The van der Waals surface area contributed by atoms with Crippen LogP contribution in [0, 0.1) is 11.8 Å². The van der Waals surface area contributed by atoms with Gasteiger partial charge < -0.3 is 23.8 Å². The van der Waals surface area contributed by atoms with E-state index in [2.05, 4.69) is 44.2 Å². The Labute approximate surface area is 299 Å². The number of cyclic esters (lactones) is 1. The highest BCUT2D eigenvalue weighted by molar-refractivity contribution is 6.88. The van der Waals surface area contributed by atoms with Gasteiger partial charge in [0.2, 0.25) is 11.8 Å². The van der Waals surface area contributed by atoms with Crippen LogP contribution in [0.3, 0.4) is 0 Å². The van der Waals surface area contributed by atoms with Crippen molar-refractivity contribution >= 4 is 45.3 Å². The number of carbonyl (C=O) groups excluding carboxylic acids is 4. The molecule has 1 N–H and O–H groups in total. The fourth-order valence-corrected chi connectivity index (χ4v) is 8.40. The molecule has 2 bridgehead atoms. The van der Waals surface area contributed by atoms with Crippen LogP contribution in [0.2, 0.25) is 37.8 Å². The van der Waals surface area contributed by atoms with Gasteiger partial charge in [0.15, 0.2) is 14.0 Å². The predicted molar refractivity (Wildman–Crippen MR) is 198 cm³/mol. The summed E-state index contributed by atoms with van der Waals surface area (Å²) in [7, 11) is -4.56. The zero-order valence-electron chi connectivity index (χ0n) is 31.9. The summed E-state index contributed by atoms with van der Waals surface area (Å²) in [4.78, 5) is 60.1. The number of hydrogen-bond acceptors (Lipinski definition) is 8. The maximum atomic E-state index is 14.1. The second-order valence-corrected chi connectivity index (χ2v) is 26.0. The number of esters is 1. The van der Waals surface area contributed by atoms with Gasteiger partial charge in [-0.15, -0.1) is 0 Å². The van der Waals surface area contributed by atoms with E-state index in [1.165, 1.54) is 11.0 Å². The van der Waals surface area contributed by atoms with Crippen molar-refractivity contribution in [3.8, 4) is 0 Å². The summed E-state index contributed by atoms with van der Waals surface area (Å²) in [6.07, 6.45) is 8.16. The van der Waals surface area contributed by atoms with Crippen LogP contribution in [0.1, 0.15) is 77.2 Å². The number of halogens is 1. The summed E-state index contributed by atoms with van der Waals surface area (Å²) in [5.41, 5.74) is 0.990. The van der Waals surface area contributed by atoms with E-state index in [0.717, 1.165) is 5.57 Å². The highest BCUT2D eigenvalue weighted by Gasteiger charge is 2.42. The van der Waals surface area contributed by atoms with Crippen molar-refractivity contribution in [1.29, 1.82) is 0 Å². The van der Waals surface area contributed by atoms with E-state index in [4.69, 9.17) is 13.6 Å². The van der Waals surface area contributed by atoms with Crippen molar-refractivity contribution < 1.29 is 37.1 Å². The molecule has 10 nitrogen and oxygen atoms in total. The molecule has 0 spiro atoms. The van der Waals surface area contributed by atoms with Gasteiger partial charge in [-0.3, -0.25) is 18.8 Å². The first kappa shape index (κ1) is 41.3. The molecular formula is C37H58FN3O7Si2. The monoisotopic (exact) mass is 731 g/mol. The van der Waals surface area contributed by atoms with Gasteiger partial charge in [0.25, 0.3) is 5.91 Å². The fourth-order valence-electron chi connectivity index (χ4n) is 5.84. The average molecular weight is 732 g/mol. The number of carbonyl (C=O) groups is 4. The lowest BCUT2D eigenvalue weighted by Crippen LogP contribution is -2.47. The van der Waals surface area contributed by atoms with E-state index in [1.54, 1.807) is 19.9 Å². The first-order chi connectivity index (χ1) is 23.1. The number of alkyl halides is 1. The molecule has 0 saturated carbocycles. The van der Waals surface area contributed by atoms with Gasteiger partial charge in [-0.25, -0.2) is 9.78 Å². The topological polar surface area (TPSA) is 128 Å². The molecule has 2 amide bonds. The van der Waals surface area contributed by atoms with Gasteiger partial charge in [0.05, 0.1) is 19.2 Å². The number of aromatic nitrogens is 1. The zero-order valence-corrected chi connectivity index (χ0v) is 33.9. The number of Topliss-reactive ketones (excluding diaryl/α,β-unsaturated/α-hetero) is 1. The van der Waals surface area contributed by atoms with Crippen LogP contribution in [-0.2, 0) is 30.0 Å². The lowest BCUT2D eigenvalue weighted by molar-refractivity contribution is -0.158. The van der Waals surface area contributed by atoms with Crippen LogP contribution in [-0.4, -0.2) is 87.9 Å². The number of ether oxygens (including phenoxy) is 1. The van der Waals surface area contributed by atoms with Gasteiger partial charge in [-0.05, 0) is 44.0 Å². The first-order valence-electron chi connectivity index (χ1n) is 17.7. The Morgan fingerprint density at radius 3 is 2.42 bits per heavy atom. The summed E-state index contributed by atoms with van der Waals surface area (Å²) in [5.74, 6) is -2.53. The SMILES string of the molecule is CC1=C\[C@@H](O[Si](C)(C)C(C)(C)C)CC(=O)Cc2nc(c([Si](C)(C)C)o2)C(=O)N2CCC[C@@H]2C(=O)O[C@H]([C@H](C)CF)[C@H](C)/C=C/C(=O)NC\C=C\1. The highest BCUT2D eigenvalue weighted by Crippen LogP contribution is 2.38. The van der Waals surface area contributed by atoms with Gasteiger partial charge >= 0.3 is 5.97 Å². The van der Waals surface area contributed by atoms with E-state index < -0.39 is 65.0 Å². The minimum atomic E-state index is -2.28. The smallest absolute Gasteiger partial charge is 0.329 e. The molecule has 13 heteroatoms. The van der Waals surface area contributed by atoms with Crippen LogP contribution >= 0.6 is 0 Å². The van der Waals surface area contributed by atoms with E-state index in [1.807, 2.05) is 44.8 Å². The summed E-state index contributed by atoms with van der Waals surface area (Å²) in [6, 6.07) is -0.885. The van der Waals surface area contributed by atoms with Crippen LogP contribution in [0.5, 0.6) is 0 Å². The van der Waals surface area contributed by atoms with Crippen molar-refractivity contribution in [3.63, 3.8) is 0 Å². The fraction of sp³-hybridized carbons (Fsp3) is 0.649. The molecule has 3 rings (SSSR count). The molecule has 1 fully saturated rings. The quantitative estimate of drug-likeness (QED) is 0.286. The number of nitrogens with one attached hydrogen (secondary N) is 1. The molecule has 0 aliphatic carbocycles. The number of fused-ring (bicyclic) bond motifs is 3. The third-order valence-electron chi connectivity index (χ3n) is 9.72. The minimum Gasteiger partial charge on any atom is -0.460 e. The number of amides is 2. The van der Waals surface area contributed by atoms with E-state index in [-0.39, 0.29) is 47.7 Å². The summed E-state index contributed by atoms with van der Waals surface area (Å²) < 4.78 is 32.8. The first-order valence-corrected chi connectivity index (χ1v) is 24.1. The van der Waals surface area contributed by atoms with Gasteiger partial charge in [0, 0.05) is 31.3 Å². The zero-order chi connectivity index (χ0) is 37.6. The van der Waals surface area contributed by atoms with Crippen LogP contribution in [0.4, 0.5) is 4.39 Å². The lowest BCUT2D eigenvalue weighted by atomic mass is 9.93. The molecule has 2 aliphatic rings. The van der Waals surface area contributed by atoms with Crippen molar-refractivity contribution in [2.45, 2.75) is 123 Å². The third kappa shape index (κ3) is 10.9. The molecule has 5 atom stereocenters. The van der Waals surface area contributed by atoms with Crippen molar-refractivity contribution in [1.82, 2.24) is 15.2 Å². The number of oxazole rings is 1. The molecule has 0 radical (unpaired) electrons. The molecule has 50 heavy (non-hydrogen) atoms. The average Bonchev–Trinajstić information content (AvgIpc) is 3.67. The maximum absolute atomic E-state index is 14.1. The summed E-state index contributed by atoms with van der Waals surface area (Å²) in [6.45, 7) is 22.0. The summed E-state index contributed by atoms with van der Waals surface area (Å²) in [5, 5.41) is 3.18. The number of allylic oxidation sites excluding steroid dienone is 2. The van der Waals surface area contributed by atoms with E-state index >= 15 is 0 Å². The predicted octanol–water partition coefficient (Wildman–Crippen LogP) is 6.06. The maximum Gasteiger partial charge on any atom is 0.329 e. The normalized spacial score (nSPS) is 27.1. The lowest BCUT2D eigenvalue weighted by Gasteiger charge is -2.38. The standard InChI is InChI=1S/C37H58FN3O7Si2/c1-24-14-12-18-39-30(43)17-16-25(2)33(26(3)23-38)47-35(45)29-15-13-19-41(29)34(44)32-36(49(7,8)9)46-31(40-32)22-27(42)21-28(20-24)48-50(10,11)37(4,5)6/h12,14,16-17,20,25-26,28-29,33H,13,15,18-19,21-23H2,1-11H3,(H,39,43)/b14-12+,17-16+,24-20+/t25-,26-,28-,29-,33+/m1/s1. The number of nitrogens with zero attached hydrogens (tertiary/aromatic N) is 2. The third-order valence-corrected chi connectivity index (χ3v) is 15.9. The molecule has 2 aliphatic heterocycles. The van der Waals surface area contributed by atoms with Crippen LogP contribution in [0.15, 0.2) is 40.4 Å². The molecule has 278 valence electrons. The van der Waals surface area contributed by atoms with Crippen LogP contribution < -0.4 is 10.7 Å². The van der Waals surface area contributed by atoms with Crippen molar-refractivity contribution in [2.75, 3.05) is 19.8 Å².